The normalized spacial score (nSPS) is 29.5. The van der Waals surface area contributed by atoms with Crippen LogP contribution in [0.5, 0.6) is 0 Å². The van der Waals surface area contributed by atoms with Gasteiger partial charge >= 0.3 is 0 Å². The van der Waals surface area contributed by atoms with Gasteiger partial charge in [-0.05, 0) is 13.3 Å². The summed E-state index contributed by atoms with van der Waals surface area (Å²) in [6.45, 7) is 2.67. The molecule has 0 aliphatic carbocycles. The van der Waals surface area contributed by atoms with Crippen molar-refractivity contribution in [3.8, 4) is 0 Å². The average molecular weight is 355 g/mol. The van der Waals surface area contributed by atoms with Crippen molar-refractivity contribution < 1.29 is 39.2 Å². The second kappa shape index (κ2) is 8.97. The predicted molar refractivity (Wildman–Crippen MR) is 70.7 cm³/mol. The SMILES string of the molecule is CCOC1OC(CO[N+](=O)[O-])C(CC)C(O[N+](=O)[O-])C1O[N+](=O)[O-]. The molecule has 5 atom stereocenters. The van der Waals surface area contributed by atoms with Gasteiger partial charge in [0.1, 0.15) is 12.7 Å². The first-order chi connectivity index (χ1) is 11.3. The van der Waals surface area contributed by atoms with E-state index in [2.05, 4.69) is 14.5 Å². The number of nitrogens with zero attached hydrogens (tertiary/aromatic N) is 3. The molecule has 1 heterocycles. The summed E-state index contributed by atoms with van der Waals surface area (Å²) in [5, 5.41) is 28.5. The summed E-state index contributed by atoms with van der Waals surface area (Å²) in [7, 11) is 0. The molecular weight excluding hydrogens is 338 g/mol. The summed E-state index contributed by atoms with van der Waals surface area (Å²) in [6.07, 6.45) is -5.19. The third-order valence-corrected chi connectivity index (χ3v) is 3.36. The molecule has 5 unspecified atom stereocenters. The first-order valence-corrected chi connectivity index (χ1v) is 6.96. The molecule has 0 aromatic rings. The zero-order valence-corrected chi connectivity index (χ0v) is 12.8. The molecule has 0 aromatic carbocycles. The van der Waals surface area contributed by atoms with Crippen molar-refractivity contribution in [2.75, 3.05) is 13.2 Å². The summed E-state index contributed by atoms with van der Waals surface area (Å²) >= 11 is 0. The van der Waals surface area contributed by atoms with Crippen LogP contribution in [0.3, 0.4) is 0 Å². The largest absolute Gasteiger partial charge is 0.350 e. The van der Waals surface area contributed by atoms with Crippen LogP contribution in [0.4, 0.5) is 0 Å². The highest BCUT2D eigenvalue weighted by Crippen LogP contribution is 2.33. The van der Waals surface area contributed by atoms with E-state index in [9.17, 15) is 30.3 Å². The van der Waals surface area contributed by atoms with Crippen molar-refractivity contribution in [1.29, 1.82) is 0 Å². The van der Waals surface area contributed by atoms with Crippen LogP contribution < -0.4 is 0 Å². The van der Waals surface area contributed by atoms with Gasteiger partial charge in [-0.2, -0.15) is 0 Å². The number of rotatable bonds is 10. The van der Waals surface area contributed by atoms with E-state index in [1.54, 1.807) is 13.8 Å². The van der Waals surface area contributed by atoms with Crippen LogP contribution >= 0.6 is 0 Å². The molecule has 1 fully saturated rings. The first kappa shape index (κ1) is 19.6. The average Bonchev–Trinajstić information content (AvgIpc) is 2.47. The standard InChI is InChI=1S/C10H17N3O11/c1-3-6-7(5-21-11(14)15)22-10(20-4-2)9(24-13(18)19)8(6)23-12(16)17/h6-10H,3-5H2,1-2H3. The molecule has 0 saturated carbocycles. The number of hydrogen-bond donors (Lipinski definition) is 0. The lowest BCUT2D eigenvalue weighted by molar-refractivity contribution is -0.807. The minimum absolute atomic E-state index is 0.0486. The van der Waals surface area contributed by atoms with Crippen molar-refractivity contribution in [3.05, 3.63) is 30.3 Å². The van der Waals surface area contributed by atoms with E-state index in [-0.39, 0.29) is 13.0 Å². The number of hydrogen-bond acceptors (Lipinski definition) is 11. The third kappa shape index (κ3) is 5.31. The smallest absolute Gasteiger partial charge is 0.295 e. The Labute approximate surface area is 134 Å². The second-order valence-electron chi connectivity index (χ2n) is 4.68. The summed E-state index contributed by atoms with van der Waals surface area (Å²) < 4.78 is 10.6. The van der Waals surface area contributed by atoms with Gasteiger partial charge in [-0.25, -0.2) is 0 Å². The van der Waals surface area contributed by atoms with Gasteiger partial charge in [0.15, 0.2) is 12.4 Å². The lowest BCUT2D eigenvalue weighted by Crippen LogP contribution is -2.59. The fourth-order valence-electron chi connectivity index (χ4n) is 2.50. The van der Waals surface area contributed by atoms with E-state index in [0.29, 0.717) is 0 Å². The molecule has 0 amide bonds. The molecule has 24 heavy (non-hydrogen) atoms. The Morgan fingerprint density at radius 3 is 2.00 bits per heavy atom. The molecule has 14 heteroatoms. The highest BCUT2D eigenvalue weighted by atomic mass is 17.0. The van der Waals surface area contributed by atoms with E-state index in [1.807, 2.05) is 0 Å². The maximum atomic E-state index is 10.7. The minimum Gasteiger partial charge on any atom is -0.350 e. The lowest BCUT2D eigenvalue weighted by Gasteiger charge is -2.43. The van der Waals surface area contributed by atoms with Crippen molar-refractivity contribution in [1.82, 2.24) is 0 Å². The minimum atomic E-state index is -1.54. The highest BCUT2D eigenvalue weighted by molar-refractivity contribution is 4.89. The summed E-state index contributed by atoms with van der Waals surface area (Å²) in [4.78, 5) is 45.0. The van der Waals surface area contributed by atoms with E-state index < -0.39 is 52.4 Å². The molecule has 14 nitrogen and oxygen atoms in total. The number of ether oxygens (including phenoxy) is 2. The molecule has 1 saturated heterocycles. The molecule has 0 N–H and O–H groups in total. The van der Waals surface area contributed by atoms with Gasteiger partial charge in [0.05, 0.1) is 6.10 Å². The van der Waals surface area contributed by atoms with Gasteiger partial charge in [-0.15, -0.1) is 30.3 Å². The molecule has 1 aliphatic rings. The maximum absolute atomic E-state index is 10.7. The molecule has 1 aliphatic heterocycles. The van der Waals surface area contributed by atoms with Crippen LogP contribution in [0.2, 0.25) is 0 Å². The van der Waals surface area contributed by atoms with E-state index in [1.165, 1.54) is 0 Å². The van der Waals surface area contributed by atoms with Crippen LogP contribution in [0.1, 0.15) is 20.3 Å². The van der Waals surface area contributed by atoms with Gasteiger partial charge < -0.3 is 24.0 Å². The monoisotopic (exact) mass is 355 g/mol. The third-order valence-electron chi connectivity index (χ3n) is 3.36. The maximum Gasteiger partial charge on any atom is 0.295 e. The molecular formula is C10H17N3O11. The summed E-state index contributed by atoms with van der Waals surface area (Å²) in [6, 6.07) is 0. The Balaban J connectivity index is 3.08. The van der Waals surface area contributed by atoms with Crippen molar-refractivity contribution in [3.63, 3.8) is 0 Å². The van der Waals surface area contributed by atoms with Crippen molar-refractivity contribution in [2.24, 2.45) is 5.92 Å². The van der Waals surface area contributed by atoms with Crippen LogP contribution in [0.25, 0.3) is 0 Å². The molecule has 0 spiro atoms. The van der Waals surface area contributed by atoms with E-state index in [4.69, 9.17) is 9.47 Å². The molecule has 138 valence electrons. The topological polar surface area (TPSA) is 176 Å². The van der Waals surface area contributed by atoms with Crippen LogP contribution in [0, 0.1) is 36.3 Å². The van der Waals surface area contributed by atoms with Gasteiger partial charge in [0.25, 0.3) is 15.3 Å². The second-order valence-corrected chi connectivity index (χ2v) is 4.68. The summed E-state index contributed by atoms with van der Waals surface area (Å²) in [5.41, 5.74) is 0. The predicted octanol–water partition coefficient (Wildman–Crippen LogP) is 0.136. The van der Waals surface area contributed by atoms with E-state index in [0.717, 1.165) is 0 Å². The van der Waals surface area contributed by atoms with Gasteiger partial charge in [0.2, 0.25) is 0 Å². The molecule has 1 rings (SSSR count). The Kier molecular flexibility index (Phi) is 7.31. The zero-order valence-electron chi connectivity index (χ0n) is 12.8. The summed E-state index contributed by atoms with van der Waals surface area (Å²) in [5.74, 6) is -0.836. The Bertz CT molecular complexity index is 461. The fourth-order valence-corrected chi connectivity index (χ4v) is 2.50. The van der Waals surface area contributed by atoms with Crippen molar-refractivity contribution >= 4 is 0 Å². The Morgan fingerprint density at radius 2 is 1.54 bits per heavy atom. The van der Waals surface area contributed by atoms with Crippen LogP contribution in [-0.4, -0.2) is 53.1 Å². The van der Waals surface area contributed by atoms with Crippen molar-refractivity contribution in [2.45, 2.75) is 44.9 Å². The Hall–Kier alpha value is -2.48. The lowest BCUT2D eigenvalue weighted by atomic mass is 9.87. The quantitative estimate of drug-likeness (QED) is 0.384. The van der Waals surface area contributed by atoms with Gasteiger partial charge in [-0.3, -0.25) is 0 Å². The highest BCUT2D eigenvalue weighted by Gasteiger charge is 2.50. The first-order valence-electron chi connectivity index (χ1n) is 6.96. The van der Waals surface area contributed by atoms with E-state index >= 15 is 0 Å². The molecule has 0 radical (unpaired) electrons. The molecule has 0 bridgehead atoms. The zero-order chi connectivity index (χ0) is 18.3. The fraction of sp³-hybridized carbons (Fsp3) is 1.00. The van der Waals surface area contributed by atoms with Gasteiger partial charge in [0, 0.05) is 12.5 Å². The molecule has 0 aromatic heterocycles. The van der Waals surface area contributed by atoms with Crippen LogP contribution in [0.15, 0.2) is 0 Å². The van der Waals surface area contributed by atoms with Crippen LogP contribution in [-0.2, 0) is 24.0 Å². The Morgan fingerprint density at radius 1 is 0.958 bits per heavy atom. The van der Waals surface area contributed by atoms with Gasteiger partial charge in [-0.1, -0.05) is 6.92 Å².